The van der Waals surface area contributed by atoms with Crippen LogP contribution < -0.4 is 15.5 Å². The molecule has 6 aromatic rings. The standard InChI is InChI=1S/C44H46F2N10O4/c1-25-20-28(8-12-32(25)26(2)49-40(59)41-51-42(54-60-41)43(3,4)5)37-34-21-30(23-48-38(34)53-52-37)27-6-10-31(11-7-27)56-18-16-55(17-19-56)24-44(45,46)35-14-9-29(22-47-35)33-13-15-36(57)50-39(33)58/h6-12,14,20-23,26,33H,13,15-19,24H2,1-5H3,(H,49,59)(H,48,52,53)(H,50,57,58). The number of nitrogens with zero attached hydrogens (tertiary/aromatic N) is 7. The van der Waals surface area contributed by atoms with E-state index >= 15 is 8.78 Å². The molecule has 6 heterocycles. The number of nitrogens with one attached hydrogen (secondary N) is 3. The van der Waals surface area contributed by atoms with E-state index in [0.717, 1.165) is 44.6 Å². The highest BCUT2D eigenvalue weighted by atomic mass is 19.3. The molecule has 4 aromatic heterocycles. The molecule has 60 heavy (non-hydrogen) atoms. The number of H-pyrrole nitrogens is 1. The fourth-order valence-corrected chi connectivity index (χ4v) is 7.78. The number of benzene rings is 2. The van der Waals surface area contributed by atoms with Crippen LogP contribution in [-0.4, -0.2) is 85.7 Å². The number of fused-ring (bicyclic) bond motifs is 1. The second-order valence-electron chi connectivity index (χ2n) is 16.6. The number of piperidine rings is 1. The lowest BCUT2D eigenvalue weighted by atomic mass is 9.91. The highest BCUT2D eigenvalue weighted by Crippen LogP contribution is 2.34. The fraction of sp³-hybridized carbons (Fsp3) is 0.364. The van der Waals surface area contributed by atoms with Crippen molar-refractivity contribution >= 4 is 34.4 Å². The summed E-state index contributed by atoms with van der Waals surface area (Å²) in [7, 11) is 0. The first-order valence-electron chi connectivity index (χ1n) is 20.0. The molecule has 8 rings (SSSR count). The fourth-order valence-electron chi connectivity index (χ4n) is 7.78. The largest absolute Gasteiger partial charge is 0.369 e. The Balaban J connectivity index is 0.883. The molecule has 2 aliphatic heterocycles. The number of amides is 3. The quantitative estimate of drug-likeness (QED) is 0.127. The molecular weight excluding hydrogens is 771 g/mol. The second kappa shape index (κ2) is 16.0. The van der Waals surface area contributed by atoms with Gasteiger partial charge in [-0.15, -0.1) is 0 Å². The Kier molecular flexibility index (Phi) is 10.7. The van der Waals surface area contributed by atoms with Crippen LogP contribution in [0.3, 0.4) is 0 Å². The number of rotatable bonds is 10. The number of aryl methyl sites for hydroxylation is 1. The lowest BCUT2D eigenvalue weighted by Crippen LogP contribution is -2.49. The zero-order valence-corrected chi connectivity index (χ0v) is 34.1. The second-order valence-corrected chi connectivity index (χ2v) is 16.6. The van der Waals surface area contributed by atoms with Crippen LogP contribution in [0.4, 0.5) is 14.5 Å². The van der Waals surface area contributed by atoms with Gasteiger partial charge in [0, 0.05) is 72.6 Å². The Morgan fingerprint density at radius 1 is 0.950 bits per heavy atom. The third-order valence-electron chi connectivity index (χ3n) is 11.2. The summed E-state index contributed by atoms with van der Waals surface area (Å²) in [6.07, 6.45) is 3.66. The third kappa shape index (κ3) is 8.37. The van der Waals surface area contributed by atoms with E-state index in [-0.39, 0.29) is 35.4 Å². The molecule has 2 atom stereocenters. The average molecular weight is 817 g/mol. The van der Waals surface area contributed by atoms with Crippen molar-refractivity contribution in [2.45, 2.75) is 70.8 Å². The summed E-state index contributed by atoms with van der Waals surface area (Å²) in [6, 6.07) is 18.7. The number of carbonyl (C=O) groups is 3. The maximum atomic E-state index is 15.4. The first-order chi connectivity index (χ1) is 28.6. The van der Waals surface area contributed by atoms with E-state index < -0.39 is 30.2 Å². The molecule has 310 valence electrons. The first-order valence-corrected chi connectivity index (χ1v) is 20.0. The summed E-state index contributed by atoms with van der Waals surface area (Å²) in [5.74, 6) is -4.54. The summed E-state index contributed by atoms with van der Waals surface area (Å²) >= 11 is 0. The van der Waals surface area contributed by atoms with Crippen LogP contribution >= 0.6 is 0 Å². The number of anilines is 1. The van der Waals surface area contributed by atoms with Gasteiger partial charge in [-0.25, -0.2) is 4.98 Å². The molecule has 2 unspecified atom stereocenters. The van der Waals surface area contributed by atoms with Crippen LogP contribution in [0.25, 0.3) is 33.4 Å². The zero-order chi connectivity index (χ0) is 42.3. The molecule has 2 fully saturated rings. The number of alkyl halides is 2. The SMILES string of the molecule is Cc1cc(-c2[nH]nc3ncc(-c4ccc(N5CCN(CC(F)(F)c6ccc(C7CCC(=O)NC7=O)cn6)CC5)cc4)cc23)ccc1C(C)NC(=O)c1nc(C(C)(C)C)no1. The van der Waals surface area contributed by atoms with Crippen LogP contribution in [0, 0.1) is 6.92 Å². The maximum absolute atomic E-state index is 15.4. The molecule has 2 aromatic carbocycles. The summed E-state index contributed by atoms with van der Waals surface area (Å²) in [5.41, 5.74) is 6.99. The highest BCUT2D eigenvalue weighted by Gasteiger charge is 2.37. The van der Waals surface area contributed by atoms with Crippen molar-refractivity contribution in [1.29, 1.82) is 0 Å². The summed E-state index contributed by atoms with van der Waals surface area (Å²) in [5, 5.41) is 17.7. The zero-order valence-electron chi connectivity index (χ0n) is 34.1. The van der Waals surface area contributed by atoms with E-state index in [1.54, 1.807) is 11.1 Å². The predicted molar refractivity (Wildman–Crippen MR) is 220 cm³/mol. The van der Waals surface area contributed by atoms with Gasteiger partial charge in [0.25, 0.3) is 0 Å². The van der Waals surface area contributed by atoms with Crippen molar-refractivity contribution < 1.29 is 27.7 Å². The first kappa shape index (κ1) is 40.4. The van der Waals surface area contributed by atoms with E-state index in [4.69, 9.17) is 4.52 Å². The topological polar surface area (TPSA) is 175 Å². The Morgan fingerprint density at radius 2 is 1.70 bits per heavy atom. The minimum atomic E-state index is -3.17. The minimum absolute atomic E-state index is 0.0729. The number of imide groups is 1. The van der Waals surface area contributed by atoms with Crippen LogP contribution in [0.15, 0.2) is 77.6 Å². The maximum Gasteiger partial charge on any atom is 0.315 e. The van der Waals surface area contributed by atoms with Crippen LogP contribution in [0.5, 0.6) is 0 Å². The molecule has 0 spiro atoms. The van der Waals surface area contributed by atoms with Gasteiger partial charge in [-0.2, -0.15) is 18.9 Å². The van der Waals surface area contributed by atoms with E-state index in [1.165, 1.54) is 18.3 Å². The van der Waals surface area contributed by atoms with Crippen LogP contribution in [0.2, 0.25) is 0 Å². The smallest absolute Gasteiger partial charge is 0.315 e. The lowest BCUT2D eigenvalue weighted by molar-refractivity contribution is -0.134. The van der Waals surface area contributed by atoms with Crippen LogP contribution in [0.1, 0.15) is 91.4 Å². The van der Waals surface area contributed by atoms with Gasteiger partial charge in [0.2, 0.25) is 11.8 Å². The van der Waals surface area contributed by atoms with Crippen molar-refractivity contribution in [1.82, 2.24) is 45.8 Å². The number of piperazine rings is 1. The number of halogens is 2. The molecule has 0 bridgehead atoms. The van der Waals surface area contributed by atoms with Gasteiger partial charge in [-0.1, -0.05) is 56.3 Å². The van der Waals surface area contributed by atoms with Gasteiger partial charge in [-0.05, 0) is 72.9 Å². The molecule has 0 radical (unpaired) electrons. The predicted octanol–water partition coefficient (Wildman–Crippen LogP) is 6.60. The summed E-state index contributed by atoms with van der Waals surface area (Å²) < 4.78 is 36.0. The summed E-state index contributed by atoms with van der Waals surface area (Å²) in [6.45, 7) is 11.4. The van der Waals surface area contributed by atoms with Crippen LogP contribution in [-0.2, 0) is 20.9 Å². The number of pyridine rings is 2. The lowest BCUT2D eigenvalue weighted by Gasteiger charge is -2.37. The normalized spacial score (nSPS) is 17.2. The van der Waals surface area contributed by atoms with E-state index in [0.29, 0.717) is 49.6 Å². The van der Waals surface area contributed by atoms with Crippen molar-refractivity contribution in [3.05, 3.63) is 107 Å². The van der Waals surface area contributed by atoms with E-state index in [2.05, 4.69) is 58.0 Å². The molecular formula is C44H46F2N10O4. The molecule has 3 amide bonds. The number of carbonyl (C=O) groups excluding carboxylic acids is 3. The molecule has 2 saturated heterocycles. The van der Waals surface area contributed by atoms with Gasteiger partial charge in [-0.3, -0.25) is 34.7 Å². The number of hydrogen-bond donors (Lipinski definition) is 3. The van der Waals surface area contributed by atoms with E-state index in [1.807, 2.05) is 71.0 Å². The van der Waals surface area contributed by atoms with Crippen molar-refractivity contribution in [3.63, 3.8) is 0 Å². The Morgan fingerprint density at radius 3 is 2.37 bits per heavy atom. The Hall–Kier alpha value is -6.42. The van der Waals surface area contributed by atoms with Crippen molar-refractivity contribution in [3.8, 4) is 22.4 Å². The molecule has 14 nitrogen and oxygen atoms in total. The molecule has 3 N–H and O–H groups in total. The molecule has 0 saturated carbocycles. The average Bonchev–Trinajstić information content (AvgIpc) is 3.90. The number of aromatic nitrogens is 6. The van der Waals surface area contributed by atoms with Crippen molar-refractivity contribution in [2.24, 2.45) is 0 Å². The third-order valence-corrected chi connectivity index (χ3v) is 11.2. The van der Waals surface area contributed by atoms with Gasteiger partial charge < -0.3 is 14.7 Å². The Bertz CT molecular complexity index is 2560. The Labute approximate surface area is 345 Å². The number of aromatic amines is 1. The summed E-state index contributed by atoms with van der Waals surface area (Å²) in [4.78, 5) is 53.5. The highest BCUT2D eigenvalue weighted by molar-refractivity contribution is 6.01. The molecule has 2 aliphatic rings. The monoisotopic (exact) mass is 816 g/mol. The van der Waals surface area contributed by atoms with E-state index in [9.17, 15) is 14.4 Å². The number of hydrogen-bond acceptors (Lipinski definition) is 11. The minimum Gasteiger partial charge on any atom is -0.369 e. The van der Waals surface area contributed by atoms with Gasteiger partial charge in [0.05, 0.1) is 24.2 Å². The van der Waals surface area contributed by atoms with Gasteiger partial charge in [0.1, 0.15) is 5.69 Å². The van der Waals surface area contributed by atoms with Gasteiger partial charge in [0.15, 0.2) is 11.5 Å². The van der Waals surface area contributed by atoms with Gasteiger partial charge >= 0.3 is 17.7 Å². The van der Waals surface area contributed by atoms with Crippen molar-refractivity contribution in [2.75, 3.05) is 37.6 Å². The molecule has 0 aliphatic carbocycles. The molecule has 16 heteroatoms.